The fourth-order valence-electron chi connectivity index (χ4n) is 1.12. The van der Waals surface area contributed by atoms with E-state index in [2.05, 4.69) is 16.8 Å². The smallest absolute Gasteiger partial charge is 0.103 e. The summed E-state index contributed by atoms with van der Waals surface area (Å²) in [5.41, 5.74) is 0. The Bertz CT molecular complexity index is 136. The maximum atomic E-state index is 9.01. The highest BCUT2D eigenvalue weighted by molar-refractivity contribution is 4.98. The van der Waals surface area contributed by atoms with Gasteiger partial charge in [-0.25, -0.2) is 0 Å². The molecule has 0 unspecified atom stereocenters. The van der Waals surface area contributed by atoms with Crippen LogP contribution in [-0.2, 0) is 0 Å². The highest BCUT2D eigenvalue weighted by Gasteiger charge is 2.17. The third-order valence-corrected chi connectivity index (χ3v) is 1.78. The van der Waals surface area contributed by atoms with E-state index in [0.29, 0.717) is 0 Å². The summed E-state index contributed by atoms with van der Waals surface area (Å²) >= 11 is 0. The van der Waals surface area contributed by atoms with Crippen LogP contribution < -0.4 is 5.32 Å². The third-order valence-electron chi connectivity index (χ3n) is 1.78. The number of hydrogen-bond acceptors (Lipinski definition) is 3. The van der Waals surface area contributed by atoms with Crippen molar-refractivity contribution < 1.29 is 5.11 Å². The van der Waals surface area contributed by atoms with Crippen LogP contribution >= 0.6 is 0 Å². The van der Waals surface area contributed by atoms with Crippen LogP contribution in [0.25, 0.3) is 0 Å². The second-order valence-electron chi connectivity index (χ2n) is 2.76. The molecular weight excluding hydrogens is 128 g/mol. The second-order valence-corrected chi connectivity index (χ2v) is 2.76. The summed E-state index contributed by atoms with van der Waals surface area (Å²) in [5.74, 6) is 0.242. The van der Waals surface area contributed by atoms with Gasteiger partial charge in [0.2, 0.25) is 0 Å². The first kappa shape index (κ1) is 7.57. The van der Waals surface area contributed by atoms with Gasteiger partial charge in [-0.3, -0.25) is 0 Å². The van der Waals surface area contributed by atoms with Gasteiger partial charge in [0.1, 0.15) is 5.76 Å². The fraction of sp³-hybridized carbons (Fsp3) is 0.714. The summed E-state index contributed by atoms with van der Waals surface area (Å²) in [5, 5.41) is 12.2. The molecule has 3 heteroatoms. The summed E-state index contributed by atoms with van der Waals surface area (Å²) in [6, 6.07) is 0.0683. The van der Waals surface area contributed by atoms with E-state index in [1.165, 1.54) is 0 Å². The average molecular weight is 142 g/mol. The molecule has 1 aliphatic heterocycles. The molecule has 1 fully saturated rings. The van der Waals surface area contributed by atoms with Gasteiger partial charge in [0.05, 0.1) is 6.04 Å². The van der Waals surface area contributed by atoms with Gasteiger partial charge >= 0.3 is 0 Å². The van der Waals surface area contributed by atoms with Crippen molar-refractivity contribution in [3.8, 4) is 0 Å². The van der Waals surface area contributed by atoms with Crippen molar-refractivity contribution in [1.82, 2.24) is 10.2 Å². The van der Waals surface area contributed by atoms with E-state index in [4.69, 9.17) is 5.11 Å². The molecule has 1 heterocycles. The van der Waals surface area contributed by atoms with Crippen LogP contribution in [0.2, 0.25) is 0 Å². The van der Waals surface area contributed by atoms with Crippen LogP contribution in [0.15, 0.2) is 12.3 Å². The van der Waals surface area contributed by atoms with Crippen LogP contribution in [0.3, 0.4) is 0 Å². The fourth-order valence-corrected chi connectivity index (χ4v) is 1.12. The van der Waals surface area contributed by atoms with Gasteiger partial charge in [0, 0.05) is 19.6 Å². The van der Waals surface area contributed by atoms with E-state index in [-0.39, 0.29) is 11.8 Å². The average Bonchev–Trinajstić information content (AvgIpc) is 1.88. The summed E-state index contributed by atoms with van der Waals surface area (Å²) in [6.07, 6.45) is 0. The molecule has 1 atom stereocenters. The molecule has 1 aliphatic rings. The molecule has 0 aromatic heterocycles. The minimum absolute atomic E-state index is 0.0683. The predicted molar refractivity (Wildman–Crippen MR) is 41.1 cm³/mol. The molecule has 0 amide bonds. The van der Waals surface area contributed by atoms with Crippen molar-refractivity contribution >= 4 is 0 Å². The summed E-state index contributed by atoms with van der Waals surface area (Å²) < 4.78 is 0. The van der Waals surface area contributed by atoms with E-state index in [1.54, 1.807) is 0 Å². The number of nitrogens with zero attached hydrogens (tertiary/aromatic N) is 1. The van der Waals surface area contributed by atoms with E-state index in [1.807, 2.05) is 7.05 Å². The lowest BCUT2D eigenvalue weighted by molar-refractivity contribution is 0.218. The standard InChI is InChI=1S/C7H14N2O/c1-6(10)7-5-9(2)4-3-8-7/h7-8,10H,1,3-5H2,2H3/t7-/m1/s1. The Hall–Kier alpha value is -0.540. The molecule has 0 aliphatic carbocycles. The Labute approximate surface area is 61.3 Å². The number of aliphatic hydroxyl groups excluding tert-OH is 1. The molecule has 2 N–H and O–H groups in total. The van der Waals surface area contributed by atoms with Gasteiger partial charge in [-0.15, -0.1) is 0 Å². The van der Waals surface area contributed by atoms with Gasteiger partial charge in [-0.05, 0) is 7.05 Å². The topological polar surface area (TPSA) is 35.5 Å². The quantitative estimate of drug-likeness (QED) is 0.504. The molecule has 0 saturated carbocycles. The molecular formula is C7H14N2O. The minimum Gasteiger partial charge on any atom is -0.511 e. The first-order valence-corrected chi connectivity index (χ1v) is 3.50. The van der Waals surface area contributed by atoms with Crippen LogP contribution in [0.4, 0.5) is 0 Å². The first-order valence-electron chi connectivity index (χ1n) is 3.50. The molecule has 10 heavy (non-hydrogen) atoms. The normalized spacial score (nSPS) is 28.3. The molecule has 0 bridgehead atoms. The zero-order chi connectivity index (χ0) is 7.56. The number of nitrogens with one attached hydrogen (secondary N) is 1. The highest BCUT2D eigenvalue weighted by atomic mass is 16.3. The Morgan fingerprint density at radius 3 is 2.90 bits per heavy atom. The second kappa shape index (κ2) is 3.03. The third kappa shape index (κ3) is 1.72. The van der Waals surface area contributed by atoms with E-state index < -0.39 is 0 Å². The largest absolute Gasteiger partial charge is 0.511 e. The Morgan fingerprint density at radius 1 is 1.80 bits per heavy atom. The number of piperazine rings is 1. The van der Waals surface area contributed by atoms with Gasteiger partial charge in [-0.1, -0.05) is 6.58 Å². The van der Waals surface area contributed by atoms with Crippen molar-refractivity contribution in [1.29, 1.82) is 0 Å². The number of aliphatic hydroxyl groups is 1. The van der Waals surface area contributed by atoms with Gasteiger partial charge < -0.3 is 15.3 Å². The zero-order valence-electron chi connectivity index (χ0n) is 6.30. The van der Waals surface area contributed by atoms with E-state index in [9.17, 15) is 0 Å². The predicted octanol–water partition coefficient (Wildman–Crippen LogP) is -0.0383. The van der Waals surface area contributed by atoms with Crippen LogP contribution in [0.1, 0.15) is 0 Å². The Balaban J connectivity index is 2.39. The summed E-state index contributed by atoms with van der Waals surface area (Å²) in [4.78, 5) is 2.17. The Kier molecular flexibility index (Phi) is 2.29. The minimum atomic E-state index is 0.0683. The highest BCUT2D eigenvalue weighted by Crippen LogP contribution is 2.01. The number of likely N-dealkylation sites (N-methyl/N-ethyl adjacent to an activating group) is 1. The van der Waals surface area contributed by atoms with Crippen molar-refractivity contribution in [3.05, 3.63) is 12.3 Å². The summed E-state index contributed by atoms with van der Waals surface area (Å²) in [6.45, 7) is 6.31. The maximum absolute atomic E-state index is 9.01. The van der Waals surface area contributed by atoms with Crippen LogP contribution in [0.5, 0.6) is 0 Å². The zero-order valence-corrected chi connectivity index (χ0v) is 6.30. The van der Waals surface area contributed by atoms with Crippen molar-refractivity contribution in [2.45, 2.75) is 6.04 Å². The maximum Gasteiger partial charge on any atom is 0.103 e. The molecule has 58 valence electrons. The summed E-state index contributed by atoms with van der Waals surface area (Å²) in [7, 11) is 2.04. The Morgan fingerprint density at radius 2 is 2.50 bits per heavy atom. The monoisotopic (exact) mass is 142 g/mol. The van der Waals surface area contributed by atoms with Crippen molar-refractivity contribution in [3.63, 3.8) is 0 Å². The van der Waals surface area contributed by atoms with Crippen LogP contribution in [0, 0.1) is 0 Å². The van der Waals surface area contributed by atoms with E-state index in [0.717, 1.165) is 19.6 Å². The number of rotatable bonds is 1. The lowest BCUT2D eigenvalue weighted by Gasteiger charge is -2.29. The number of hydrogen-bond donors (Lipinski definition) is 2. The SMILES string of the molecule is C=C(O)[C@H]1CN(C)CCN1. The van der Waals surface area contributed by atoms with Gasteiger partial charge in [0.15, 0.2) is 0 Å². The lowest BCUT2D eigenvalue weighted by atomic mass is 10.2. The lowest BCUT2D eigenvalue weighted by Crippen LogP contribution is -2.49. The first-order chi connectivity index (χ1) is 4.70. The molecule has 0 spiro atoms. The molecule has 1 rings (SSSR count). The van der Waals surface area contributed by atoms with Crippen LogP contribution in [-0.4, -0.2) is 42.7 Å². The molecule has 0 aromatic carbocycles. The van der Waals surface area contributed by atoms with Gasteiger partial charge in [-0.2, -0.15) is 0 Å². The molecule has 0 aromatic rings. The van der Waals surface area contributed by atoms with E-state index >= 15 is 0 Å². The molecule has 0 radical (unpaired) electrons. The van der Waals surface area contributed by atoms with Gasteiger partial charge in [0.25, 0.3) is 0 Å². The van der Waals surface area contributed by atoms with Crippen molar-refractivity contribution in [2.24, 2.45) is 0 Å². The molecule has 3 nitrogen and oxygen atoms in total. The van der Waals surface area contributed by atoms with Crippen molar-refractivity contribution in [2.75, 3.05) is 26.7 Å². The molecule has 1 saturated heterocycles.